The van der Waals surface area contributed by atoms with Gasteiger partial charge in [-0.25, -0.2) is 0 Å². The minimum Gasteiger partial charge on any atom is -0.493 e. The first-order chi connectivity index (χ1) is 11.0. The van der Waals surface area contributed by atoms with Gasteiger partial charge in [-0.3, -0.25) is 9.69 Å². The van der Waals surface area contributed by atoms with Crippen molar-refractivity contribution in [1.29, 1.82) is 0 Å². The minimum atomic E-state index is -0.250. The molecule has 1 aromatic carbocycles. The van der Waals surface area contributed by atoms with Gasteiger partial charge < -0.3 is 14.7 Å². The lowest BCUT2D eigenvalue weighted by atomic mass is 10.1. The van der Waals surface area contributed by atoms with Crippen LogP contribution in [0.3, 0.4) is 0 Å². The van der Waals surface area contributed by atoms with Crippen LogP contribution in [0, 0.1) is 0 Å². The second-order valence-electron chi connectivity index (χ2n) is 6.01. The van der Waals surface area contributed by atoms with Crippen LogP contribution >= 0.6 is 11.6 Å². The van der Waals surface area contributed by atoms with Crippen LogP contribution in [0.15, 0.2) is 24.3 Å². The van der Waals surface area contributed by atoms with E-state index in [1.165, 1.54) is 0 Å². The summed E-state index contributed by atoms with van der Waals surface area (Å²) in [5.74, 6) is 0.901. The lowest BCUT2D eigenvalue weighted by molar-refractivity contribution is -0.134. The topological polar surface area (TPSA) is 53.0 Å². The molecule has 0 atom stereocenters. The third-order valence-electron chi connectivity index (χ3n) is 3.97. The zero-order valence-corrected chi connectivity index (χ0v) is 14.3. The molecule has 1 fully saturated rings. The first-order valence-electron chi connectivity index (χ1n) is 8.07. The fourth-order valence-corrected chi connectivity index (χ4v) is 2.79. The molecule has 1 aliphatic heterocycles. The number of aliphatic hydroxyl groups is 1. The van der Waals surface area contributed by atoms with Crippen LogP contribution in [0.25, 0.3) is 0 Å². The van der Waals surface area contributed by atoms with Gasteiger partial charge in [-0.1, -0.05) is 17.7 Å². The maximum absolute atomic E-state index is 12.2. The molecule has 1 saturated heterocycles. The lowest BCUT2D eigenvalue weighted by Crippen LogP contribution is -2.44. The summed E-state index contributed by atoms with van der Waals surface area (Å²) in [5.41, 5.74) is 0. The van der Waals surface area contributed by atoms with Gasteiger partial charge in [0.1, 0.15) is 5.75 Å². The summed E-state index contributed by atoms with van der Waals surface area (Å²) in [5, 5.41) is 10.1. The molecule has 0 aliphatic carbocycles. The Morgan fingerprint density at radius 2 is 2.17 bits per heavy atom. The van der Waals surface area contributed by atoms with Gasteiger partial charge in [0.15, 0.2) is 0 Å². The van der Waals surface area contributed by atoms with Crippen LogP contribution in [-0.2, 0) is 4.79 Å². The van der Waals surface area contributed by atoms with E-state index in [0.29, 0.717) is 44.1 Å². The number of amides is 1. The van der Waals surface area contributed by atoms with Gasteiger partial charge in [0.2, 0.25) is 5.91 Å². The number of halogens is 1. The molecule has 0 spiro atoms. The average Bonchev–Trinajstić information content (AvgIpc) is 2.52. The second kappa shape index (κ2) is 9.11. The van der Waals surface area contributed by atoms with E-state index in [9.17, 15) is 9.90 Å². The summed E-state index contributed by atoms with van der Waals surface area (Å²) in [6, 6.07) is 7.34. The molecule has 1 aliphatic rings. The van der Waals surface area contributed by atoms with Crippen molar-refractivity contribution in [3.8, 4) is 5.75 Å². The Hall–Kier alpha value is -1.30. The summed E-state index contributed by atoms with van der Waals surface area (Å²) in [7, 11) is 1.94. The van der Waals surface area contributed by atoms with E-state index in [-0.39, 0.29) is 12.0 Å². The number of likely N-dealkylation sites (tertiary alicyclic amines) is 1. The molecule has 1 N–H and O–H groups in total. The number of ether oxygens (including phenoxy) is 1. The van der Waals surface area contributed by atoms with Crippen molar-refractivity contribution in [2.45, 2.75) is 25.4 Å². The van der Waals surface area contributed by atoms with Crippen LogP contribution in [-0.4, -0.2) is 66.8 Å². The average molecular weight is 341 g/mol. The molecule has 0 bridgehead atoms. The zero-order chi connectivity index (χ0) is 16.7. The molecular weight excluding hydrogens is 316 g/mol. The smallest absolute Gasteiger partial charge is 0.236 e. The normalized spacial score (nSPS) is 15.9. The highest BCUT2D eigenvalue weighted by Gasteiger charge is 2.21. The van der Waals surface area contributed by atoms with Crippen molar-refractivity contribution < 1.29 is 14.6 Å². The Bertz CT molecular complexity index is 504. The van der Waals surface area contributed by atoms with E-state index in [4.69, 9.17) is 16.3 Å². The highest BCUT2D eigenvalue weighted by Crippen LogP contribution is 2.17. The maximum Gasteiger partial charge on any atom is 0.236 e. The Morgan fingerprint density at radius 1 is 1.43 bits per heavy atom. The standard InChI is InChI=1S/C17H25ClN2O3/c1-19(13-17(22)20-9-6-15(21)7-10-20)8-3-11-23-16-5-2-4-14(18)12-16/h2,4-5,12,15,21H,3,6-11,13H2,1H3. The first-order valence-corrected chi connectivity index (χ1v) is 8.45. The van der Waals surface area contributed by atoms with Gasteiger partial charge in [-0.2, -0.15) is 0 Å². The monoisotopic (exact) mass is 340 g/mol. The highest BCUT2D eigenvalue weighted by molar-refractivity contribution is 6.30. The molecule has 128 valence electrons. The summed E-state index contributed by atoms with van der Waals surface area (Å²) in [6.07, 6.45) is 1.96. The number of likely N-dealkylation sites (N-methyl/N-ethyl adjacent to an activating group) is 1. The number of piperidine rings is 1. The van der Waals surface area contributed by atoms with Crippen LogP contribution in [0.1, 0.15) is 19.3 Å². The summed E-state index contributed by atoms with van der Waals surface area (Å²) in [6.45, 7) is 3.11. The third kappa shape index (κ3) is 6.37. The third-order valence-corrected chi connectivity index (χ3v) is 4.21. The van der Waals surface area contributed by atoms with Gasteiger partial charge in [0.05, 0.1) is 19.3 Å². The molecule has 2 rings (SSSR count). The number of carbonyl (C=O) groups is 1. The molecular formula is C17H25ClN2O3. The van der Waals surface area contributed by atoms with E-state index in [1.54, 1.807) is 6.07 Å². The summed E-state index contributed by atoms with van der Waals surface area (Å²) >= 11 is 5.90. The molecule has 1 heterocycles. The van der Waals surface area contributed by atoms with Gasteiger partial charge in [-0.15, -0.1) is 0 Å². The molecule has 5 nitrogen and oxygen atoms in total. The Labute approximate surface area is 142 Å². The van der Waals surface area contributed by atoms with Crippen LogP contribution < -0.4 is 4.74 Å². The second-order valence-corrected chi connectivity index (χ2v) is 6.45. The number of hydrogen-bond donors (Lipinski definition) is 1. The molecule has 6 heteroatoms. The quantitative estimate of drug-likeness (QED) is 0.772. The predicted molar refractivity (Wildman–Crippen MR) is 90.9 cm³/mol. The molecule has 1 aromatic rings. The number of benzene rings is 1. The minimum absolute atomic E-state index is 0.134. The summed E-state index contributed by atoms with van der Waals surface area (Å²) in [4.78, 5) is 16.0. The van der Waals surface area contributed by atoms with Crippen molar-refractivity contribution >= 4 is 17.5 Å². The number of carbonyl (C=O) groups excluding carboxylic acids is 1. The van der Waals surface area contributed by atoms with Gasteiger partial charge >= 0.3 is 0 Å². The Morgan fingerprint density at radius 3 is 2.87 bits per heavy atom. The molecule has 0 aromatic heterocycles. The van der Waals surface area contributed by atoms with Crippen molar-refractivity contribution in [2.75, 3.05) is 39.8 Å². The fraction of sp³-hybridized carbons (Fsp3) is 0.588. The van der Waals surface area contributed by atoms with Crippen LogP contribution in [0.4, 0.5) is 0 Å². The van der Waals surface area contributed by atoms with Crippen molar-refractivity contribution in [1.82, 2.24) is 9.80 Å². The van der Waals surface area contributed by atoms with E-state index in [1.807, 2.05) is 35.0 Å². The van der Waals surface area contributed by atoms with Crippen LogP contribution in [0.5, 0.6) is 5.75 Å². The Kier molecular flexibility index (Phi) is 7.15. The van der Waals surface area contributed by atoms with Gasteiger partial charge in [0, 0.05) is 24.7 Å². The van der Waals surface area contributed by atoms with E-state index in [0.717, 1.165) is 18.7 Å². The zero-order valence-electron chi connectivity index (χ0n) is 13.6. The SMILES string of the molecule is CN(CCCOc1cccc(Cl)c1)CC(=O)N1CCC(O)CC1. The van der Waals surface area contributed by atoms with E-state index in [2.05, 4.69) is 0 Å². The van der Waals surface area contributed by atoms with Crippen molar-refractivity contribution in [3.05, 3.63) is 29.3 Å². The summed E-state index contributed by atoms with van der Waals surface area (Å²) < 4.78 is 5.64. The number of rotatable bonds is 7. The molecule has 23 heavy (non-hydrogen) atoms. The van der Waals surface area contributed by atoms with E-state index >= 15 is 0 Å². The molecule has 0 unspecified atom stereocenters. The molecule has 0 saturated carbocycles. The maximum atomic E-state index is 12.2. The van der Waals surface area contributed by atoms with Crippen molar-refractivity contribution in [3.63, 3.8) is 0 Å². The number of nitrogens with zero attached hydrogens (tertiary/aromatic N) is 2. The fourth-order valence-electron chi connectivity index (χ4n) is 2.61. The largest absolute Gasteiger partial charge is 0.493 e. The van der Waals surface area contributed by atoms with Gasteiger partial charge in [-0.05, 0) is 44.5 Å². The van der Waals surface area contributed by atoms with Crippen LogP contribution in [0.2, 0.25) is 5.02 Å². The highest BCUT2D eigenvalue weighted by atomic mass is 35.5. The Balaban J connectivity index is 1.61. The lowest BCUT2D eigenvalue weighted by Gasteiger charge is -2.31. The van der Waals surface area contributed by atoms with Gasteiger partial charge in [0.25, 0.3) is 0 Å². The predicted octanol–water partition coefficient (Wildman–Crippen LogP) is 2.02. The van der Waals surface area contributed by atoms with Crippen molar-refractivity contribution in [2.24, 2.45) is 0 Å². The number of hydrogen-bond acceptors (Lipinski definition) is 4. The molecule has 1 amide bonds. The first kappa shape index (κ1) is 18.0. The number of aliphatic hydroxyl groups excluding tert-OH is 1. The van der Waals surface area contributed by atoms with E-state index < -0.39 is 0 Å². The molecule has 0 radical (unpaired) electrons.